The zero-order valence-corrected chi connectivity index (χ0v) is 6.32. The van der Waals surface area contributed by atoms with Crippen LogP contribution in [0.4, 0.5) is 0 Å². The summed E-state index contributed by atoms with van der Waals surface area (Å²) in [5, 5.41) is 17.3. The van der Waals surface area contributed by atoms with Gasteiger partial charge in [0.1, 0.15) is 0 Å². The van der Waals surface area contributed by atoms with E-state index in [1.165, 1.54) is 0 Å². The van der Waals surface area contributed by atoms with Crippen molar-refractivity contribution < 1.29 is 14.4 Å². The molecule has 2 N–H and O–H groups in total. The maximum absolute atomic E-state index is 10.6. The molecule has 1 rings (SSSR count). The second kappa shape index (κ2) is 3.01. The van der Waals surface area contributed by atoms with E-state index in [0.29, 0.717) is 5.75 Å². The number of aliphatic hydroxyl groups excluding tert-OH is 2. The van der Waals surface area contributed by atoms with E-state index in [1.807, 2.05) is 0 Å². The molecule has 0 radical (unpaired) electrons. The third-order valence-corrected chi connectivity index (χ3v) is 4.48. The van der Waals surface area contributed by atoms with Gasteiger partial charge >= 0.3 is 0 Å². The molecule has 0 saturated carbocycles. The Morgan fingerprint density at radius 3 is 2.67 bits per heavy atom. The van der Waals surface area contributed by atoms with E-state index in [2.05, 4.69) is 0 Å². The SMILES string of the molecule is O=S1C[C@@H](O)[C@@H](CO)S1. The Labute approximate surface area is 59.3 Å². The lowest BCUT2D eigenvalue weighted by molar-refractivity contribution is 0.162. The van der Waals surface area contributed by atoms with Crippen molar-refractivity contribution >= 4 is 20.6 Å². The van der Waals surface area contributed by atoms with Crippen molar-refractivity contribution in [3.8, 4) is 0 Å². The van der Waals surface area contributed by atoms with Crippen LogP contribution in [0, 0.1) is 0 Å². The van der Waals surface area contributed by atoms with E-state index in [4.69, 9.17) is 10.2 Å². The van der Waals surface area contributed by atoms with E-state index in [-0.39, 0.29) is 11.9 Å². The van der Waals surface area contributed by atoms with Gasteiger partial charge < -0.3 is 10.2 Å². The highest BCUT2D eigenvalue weighted by Crippen LogP contribution is 2.27. The van der Waals surface area contributed by atoms with Crippen LogP contribution >= 0.6 is 10.8 Å². The second-order valence-electron chi connectivity index (χ2n) is 1.86. The molecule has 0 aromatic carbocycles. The minimum Gasteiger partial charge on any atom is -0.395 e. The van der Waals surface area contributed by atoms with E-state index in [1.54, 1.807) is 0 Å². The van der Waals surface area contributed by atoms with Crippen molar-refractivity contribution in [1.29, 1.82) is 0 Å². The van der Waals surface area contributed by atoms with Crippen LogP contribution in [0.15, 0.2) is 0 Å². The molecule has 9 heavy (non-hydrogen) atoms. The molecular formula is C4H8O3S2. The lowest BCUT2D eigenvalue weighted by atomic mass is 10.3. The van der Waals surface area contributed by atoms with Crippen molar-refractivity contribution in [2.45, 2.75) is 11.4 Å². The molecule has 1 heterocycles. The molecule has 1 unspecified atom stereocenters. The normalized spacial score (nSPS) is 43.6. The summed E-state index contributed by atoms with van der Waals surface area (Å²) in [4.78, 5) is 0. The van der Waals surface area contributed by atoms with Crippen LogP contribution in [-0.2, 0) is 9.83 Å². The summed E-state index contributed by atoms with van der Waals surface area (Å²) in [6.07, 6.45) is -0.583. The predicted molar refractivity (Wildman–Crippen MR) is 37.5 cm³/mol. The Balaban J connectivity index is 2.47. The largest absolute Gasteiger partial charge is 0.395 e. The summed E-state index contributed by atoms with van der Waals surface area (Å²) in [5.74, 6) is 0.301. The highest BCUT2D eigenvalue weighted by molar-refractivity contribution is 8.69. The van der Waals surface area contributed by atoms with Crippen LogP contribution in [0.1, 0.15) is 0 Å². The van der Waals surface area contributed by atoms with E-state index >= 15 is 0 Å². The first-order valence-electron chi connectivity index (χ1n) is 2.58. The second-order valence-corrected chi connectivity index (χ2v) is 5.29. The minimum atomic E-state index is -0.976. The van der Waals surface area contributed by atoms with E-state index in [9.17, 15) is 4.21 Å². The molecule has 1 fully saturated rings. The molecular weight excluding hydrogens is 160 g/mol. The quantitative estimate of drug-likeness (QED) is 0.499. The molecule has 1 saturated heterocycles. The van der Waals surface area contributed by atoms with Gasteiger partial charge in [-0.2, -0.15) is 0 Å². The number of aliphatic hydroxyl groups is 2. The number of rotatable bonds is 1. The van der Waals surface area contributed by atoms with Crippen LogP contribution in [0.5, 0.6) is 0 Å². The Kier molecular flexibility index (Phi) is 2.51. The molecule has 0 aromatic heterocycles. The van der Waals surface area contributed by atoms with E-state index < -0.39 is 15.9 Å². The van der Waals surface area contributed by atoms with Crippen molar-refractivity contribution in [2.75, 3.05) is 12.4 Å². The monoisotopic (exact) mass is 168 g/mol. The Morgan fingerprint density at radius 2 is 2.44 bits per heavy atom. The summed E-state index contributed by atoms with van der Waals surface area (Å²) < 4.78 is 10.6. The lowest BCUT2D eigenvalue weighted by Crippen LogP contribution is -2.23. The minimum absolute atomic E-state index is 0.0857. The van der Waals surface area contributed by atoms with Crippen molar-refractivity contribution in [1.82, 2.24) is 0 Å². The topological polar surface area (TPSA) is 57.5 Å². The fraction of sp³-hybridized carbons (Fsp3) is 1.00. The van der Waals surface area contributed by atoms with Crippen molar-refractivity contribution in [3.63, 3.8) is 0 Å². The van der Waals surface area contributed by atoms with Gasteiger partial charge in [0.05, 0.1) is 33.5 Å². The van der Waals surface area contributed by atoms with Crippen LogP contribution in [0.3, 0.4) is 0 Å². The summed E-state index contributed by atoms with van der Waals surface area (Å²) in [6.45, 7) is -0.0857. The van der Waals surface area contributed by atoms with Crippen LogP contribution < -0.4 is 0 Å². The molecule has 3 atom stereocenters. The average Bonchev–Trinajstić information content (AvgIpc) is 2.10. The molecule has 3 nitrogen and oxygen atoms in total. The molecule has 54 valence electrons. The van der Waals surface area contributed by atoms with Gasteiger partial charge in [-0.15, -0.1) is 0 Å². The molecule has 0 amide bonds. The number of hydrogen-bond acceptors (Lipinski definition) is 4. The Hall–Kier alpha value is 0.420. The first-order chi connectivity index (χ1) is 4.24. The molecule has 0 bridgehead atoms. The van der Waals surface area contributed by atoms with Crippen LogP contribution in [0.25, 0.3) is 0 Å². The molecule has 1 aliphatic heterocycles. The van der Waals surface area contributed by atoms with Gasteiger partial charge in [-0.1, -0.05) is 10.8 Å². The lowest BCUT2D eigenvalue weighted by Gasteiger charge is -2.05. The van der Waals surface area contributed by atoms with Crippen LogP contribution in [0.2, 0.25) is 0 Å². The summed E-state index contributed by atoms with van der Waals surface area (Å²) in [6, 6.07) is 0. The third kappa shape index (κ3) is 1.67. The van der Waals surface area contributed by atoms with Gasteiger partial charge in [-0.25, -0.2) is 4.21 Å². The standard InChI is InChI=1S/C4H8O3S2/c5-1-4-3(6)2-9(7)8-4/h3-6H,1-2H2/t3-,4-,9?/m1/s1. The van der Waals surface area contributed by atoms with Gasteiger partial charge in [-0.3, -0.25) is 0 Å². The third-order valence-electron chi connectivity index (χ3n) is 1.15. The van der Waals surface area contributed by atoms with Crippen molar-refractivity contribution in [3.05, 3.63) is 0 Å². The van der Waals surface area contributed by atoms with Gasteiger partial charge in [0.25, 0.3) is 0 Å². The Morgan fingerprint density at radius 1 is 1.78 bits per heavy atom. The fourth-order valence-corrected chi connectivity index (χ4v) is 3.96. The van der Waals surface area contributed by atoms with Gasteiger partial charge in [0.15, 0.2) is 0 Å². The van der Waals surface area contributed by atoms with Gasteiger partial charge in [-0.05, 0) is 0 Å². The highest BCUT2D eigenvalue weighted by atomic mass is 33.1. The van der Waals surface area contributed by atoms with Gasteiger partial charge in [0, 0.05) is 0 Å². The fourth-order valence-electron chi connectivity index (χ4n) is 0.640. The Bertz CT molecular complexity index is 127. The summed E-state index contributed by atoms with van der Waals surface area (Å²) >= 11 is 0. The van der Waals surface area contributed by atoms with Crippen molar-refractivity contribution in [2.24, 2.45) is 0 Å². The maximum atomic E-state index is 10.6. The zero-order chi connectivity index (χ0) is 6.85. The van der Waals surface area contributed by atoms with E-state index in [0.717, 1.165) is 10.8 Å². The average molecular weight is 168 g/mol. The molecule has 0 spiro atoms. The smallest absolute Gasteiger partial charge is 0.0835 e. The molecule has 5 heteroatoms. The number of hydrogen-bond donors (Lipinski definition) is 2. The maximum Gasteiger partial charge on any atom is 0.0835 e. The zero-order valence-electron chi connectivity index (χ0n) is 4.69. The first-order valence-corrected chi connectivity index (χ1v) is 5.30. The molecule has 0 aromatic rings. The van der Waals surface area contributed by atoms with Gasteiger partial charge in [0.2, 0.25) is 0 Å². The first kappa shape index (κ1) is 7.53. The summed E-state index contributed by atoms with van der Waals surface area (Å²) in [5.41, 5.74) is 0. The van der Waals surface area contributed by atoms with Crippen LogP contribution in [-0.4, -0.2) is 38.1 Å². The summed E-state index contributed by atoms with van der Waals surface area (Å²) in [7, 11) is 0.170. The predicted octanol–water partition coefficient (Wildman–Crippen LogP) is -0.881. The molecule has 1 aliphatic rings. The molecule has 0 aliphatic carbocycles. The highest BCUT2D eigenvalue weighted by Gasteiger charge is 2.30.